The number of nitrogens with one attached hydrogen (secondary N) is 1. The number of benzene rings is 2. The largest absolute Gasteiger partial charge is 0.496 e. The third-order valence-electron chi connectivity index (χ3n) is 5.90. The van der Waals surface area contributed by atoms with E-state index in [0.29, 0.717) is 28.6 Å². The van der Waals surface area contributed by atoms with Crippen molar-refractivity contribution in [3.05, 3.63) is 64.3 Å². The number of Topliss-reactive ketones (excluding diaryl/α,β-unsaturated/α-hetero) is 1. The number of carbonyl (C=O) groups excluding carboxylic acids is 2. The van der Waals surface area contributed by atoms with Gasteiger partial charge in [0.05, 0.1) is 31.5 Å². The number of ether oxygens (including phenoxy) is 2. The molecule has 1 atom stereocenters. The second kappa shape index (κ2) is 7.91. The maximum absolute atomic E-state index is 13.7. The Kier molecular flexibility index (Phi) is 5.27. The Hall–Kier alpha value is -3.61. The molecule has 160 valence electrons. The molecule has 0 radical (unpaired) electrons. The number of amides is 1. The van der Waals surface area contributed by atoms with Crippen LogP contribution in [0.2, 0.25) is 0 Å². The Morgan fingerprint density at radius 3 is 2.35 bits per heavy atom. The first-order valence-electron chi connectivity index (χ1n) is 10.1. The minimum Gasteiger partial charge on any atom is -0.496 e. The zero-order valence-electron chi connectivity index (χ0n) is 18.3. The summed E-state index contributed by atoms with van der Waals surface area (Å²) >= 11 is 0. The number of fused-ring (bicyclic) bond motifs is 1. The molecule has 0 spiro atoms. The highest BCUT2D eigenvalue weighted by Crippen LogP contribution is 2.41. The topological polar surface area (TPSA) is 82.4 Å². The standard InChI is InChI=1S/C24H25N3O4/c1-13-8-6-9-17(14(13)2)27-24-21(15(3)26-27)16(12-20(28)25-24)23(29)22-18(30-4)10-7-11-19(22)31-5/h6-11,16H,12H2,1-5H3,(H,25,28)/t16-/m0/s1. The lowest BCUT2D eigenvalue weighted by Crippen LogP contribution is -2.29. The van der Waals surface area contributed by atoms with Crippen LogP contribution < -0.4 is 14.8 Å². The highest BCUT2D eigenvalue weighted by molar-refractivity contribution is 6.10. The summed E-state index contributed by atoms with van der Waals surface area (Å²) in [6.07, 6.45) is 0.0341. The summed E-state index contributed by atoms with van der Waals surface area (Å²) in [5, 5.41) is 7.63. The molecular formula is C24H25N3O4. The molecular weight excluding hydrogens is 394 g/mol. The first-order valence-corrected chi connectivity index (χ1v) is 10.1. The fourth-order valence-corrected chi connectivity index (χ4v) is 4.18. The zero-order valence-corrected chi connectivity index (χ0v) is 18.3. The Morgan fingerprint density at radius 1 is 1.06 bits per heavy atom. The molecule has 0 aliphatic carbocycles. The van der Waals surface area contributed by atoms with E-state index in [1.165, 1.54) is 14.2 Å². The number of aromatic nitrogens is 2. The Bertz CT molecular complexity index is 1170. The maximum Gasteiger partial charge on any atom is 0.226 e. The van der Waals surface area contributed by atoms with Crippen LogP contribution in [0, 0.1) is 20.8 Å². The maximum atomic E-state index is 13.7. The number of aryl methyl sites for hydroxylation is 2. The summed E-state index contributed by atoms with van der Waals surface area (Å²) in [6.45, 7) is 5.90. The normalized spacial score (nSPS) is 15.3. The summed E-state index contributed by atoms with van der Waals surface area (Å²) in [4.78, 5) is 26.4. The highest BCUT2D eigenvalue weighted by atomic mass is 16.5. The van der Waals surface area contributed by atoms with Crippen molar-refractivity contribution in [1.29, 1.82) is 0 Å². The lowest BCUT2D eigenvalue weighted by atomic mass is 9.84. The van der Waals surface area contributed by atoms with Crippen molar-refractivity contribution in [2.75, 3.05) is 19.5 Å². The predicted molar refractivity (Wildman–Crippen MR) is 118 cm³/mol. The molecule has 0 saturated carbocycles. The third kappa shape index (κ3) is 3.36. The minimum atomic E-state index is -0.687. The zero-order chi connectivity index (χ0) is 22.3. The van der Waals surface area contributed by atoms with E-state index in [9.17, 15) is 9.59 Å². The van der Waals surface area contributed by atoms with Crippen LogP contribution in [-0.4, -0.2) is 35.7 Å². The minimum absolute atomic E-state index is 0.0341. The summed E-state index contributed by atoms with van der Waals surface area (Å²) in [5.41, 5.74) is 4.79. The number of carbonyl (C=O) groups is 2. The Balaban J connectivity index is 1.89. The molecule has 1 aliphatic rings. The summed E-state index contributed by atoms with van der Waals surface area (Å²) in [6, 6.07) is 11.1. The first kappa shape index (κ1) is 20.7. The van der Waals surface area contributed by atoms with Crippen LogP contribution in [0.4, 0.5) is 5.82 Å². The van der Waals surface area contributed by atoms with E-state index in [4.69, 9.17) is 14.6 Å². The lowest BCUT2D eigenvalue weighted by molar-refractivity contribution is -0.116. The van der Waals surface area contributed by atoms with Crippen LogP contribution in [0.1, 0.15) is 45.1 Å². The number of nitrogens with zero attached hydrogens (tertiary/aromatic N) is 2. The van der Waals surface area contributed by atoms with Crippen LogP contribution >= 0.6 is 0 Å². The summed E-state index contributed by atoms with van der Waals surface area (Å²) in [5.74, 6) is 0.218. The van der Waals surface area contributed by atoms with E-state index in [2.05, 4.69) is 5.32 Å². The predicted octanol–water partition coefficient (Wildman–Crippen LogP) is 4.12. The van der Waals surface area contributed by atoms with Gasteiger partial charge in [-0.05, 0) is 50.1 Å². The smallest absolute Gasteiger partial charge is 0.226 e. The van der Waals surface area contributed by atoms with Gasteiger partial charge in [0.1, 0.15) is 22.9 Å². The molecule has 1 aliphatic heterocycles. The molecule has 4 rings (SSSR count). The molecule has 0 unspecified atom stereocenters. The molecule has 1 N–H and O–H groups in total. The number of rotatable bonds is 5. The van der Waals surface area contributed by atoms with E-state index in [0.717, 1.165) is 22.4 Å². The van der Waals surface area contributed by atoms with Crippen molar-refractivity contribution >= 4 is 17.5 Å². The van der Waals surface area contributed by atoms with Crippen LogP contribution in [0.5, 0.6) is 11.5 Å². The molecule has 0 bridgehead atoms. The van der Waals surface area contributed by atoms with E-state index < -0.39 is 5.92 Å². The quantitative estimate of drug-likeness (QED) is 0.629. The Labute approximate surface area is 181 Å². The van der Waals surface area contributed by atoms with E-state index in [1.54, 1.807) is 22.9 Å². The van der Waals surface area contributed by atoms with Gasteiger partial charge in [0.15, 0.2) is 5.78 Å². The lowest BCUT2D eigenvalue weighted by Gasteiger charge is -2.24. The van der Waals surface area contributed by atoms with Gasteiger partial charge < -0.3 is 14.8 Å². The molecule has 2 aromatic carbocycles. The van der Waals surface area contributed by atoms with Crippen molar-refractivity contribution in [2.45, 2.75) is 33.1 Å². The van der Waals surface area contributed by atoms with Crippen LogP contribution in [-0.2, 0) is 4.79 Å². The fraction of sp³-hybridized carbons (Fsp3) is 0.292. The molecule has 7 heteroatoms. The van der Waals surface area contributed by atoms with Crippen molar-refractivity contribution in [1.82, 2.24) is 9.78 Å². The second-order valence-electron chi connectivity index (χ2n) is 7.69. The average molecular weight is 419 g/mol. The summed E-state index contributed by atoms with van der Waals surface area (Å²) in [7, 11) is 3.02. The highest BCUT2D eigenvalue weighted by Gasteiger charge is 2.38. The van der Waals surface area contributed by atoms with Crippen molar-refractivity contribution in [3.8, 4) is 17.2 Å². The SMILES string of the molecule is COc1cccc(OC)c1C(=O)[C@H]1CC(=O)Nc2c1c(C)nn2-c1cccc(C)c1C. The van der Waals surface area contributed by atoms with Gasteiger partial charge in [-0.25, -0.2) is 4.68 Å². The van der Waals surface area contributed by atoms with Gasteiger partial charge in [-0.2, -0.15) is 5.10 Å². The monoisotopic (exact) mass is 419 g/mol. The van der Waals surface area contributed by atoms with Gasteiger partial charge in [0, 0.05) is 12.0 Å². The van der Waals surface area contributed by atoms with Gasteiger partial charge in [-0.1, -0.05) is 18.2 Å². The van der Waals surface area contributed by atoms with Crippen molar-refractivity contribution < 1.29 is 19.1 Å². The van der Waals surface area contributed by atoms with Gasteiger partial charge >= 0.3 is 0 Å². The van der Waals surface area contributed by atoms with Crippen molar-refractivity contribution in [2.24, 2.45) is 0 Å². The molecule has 0 saturated heterocycles. The van der Waals surface area contributed by atoms with Gasteiger partial charge in [-0.3, -0.25) is 9.59 Å². The number of methoxy groups -OCH3 is 2. The molecule has 7 nitrogen and oxygen atoms in total. The van der Waals surface area contributed by atoms with Gasteiger partial charge in [0.25, 0.3) is 0 Å². The molecule has 0 fully saturated rings. The Morgan fingerprint density at radius 2 is 1.71 bits per heavy atom. The number of ketones is 1. The number of hydrogen-bond acceptors (Lipinski definition) is 5. The van der Waals surface area contributed by atoms with E-state index >= 15 is 0 Å². The number of hydrogen-bond donors (Lipinski definition) is 1. The van der Waals surface area contributed by atoms with E-state index in [1.807, 2.05) is 39.0 Å². The second-order valence-corrected chi connectivity index (χ2v) is 7.69. The molecule has 2 heterocycles. The molecule has 1 aromatic heterocycles. The van der Waals surface area contributed by atoms with Gasteiger partial charge in [-0.15, -0.1) is 0 Å². The van der Waals surface area contributed by atoms with E-state index in [-0.39, 0.29) is 18.1 Å². The first-order chi connectivity index (χ1) is 14.9. The molecule has 31 heavy (non-hydrogen) atoms. The average Bonchev–Trinajstić information content (AvgIpc) is 3.09. The van der Waals surface area contributed by atoms with Crippen molar-refractivity contribution in [3.63, 3.8) is 0 Å². The summed E-state index contributed by atoms with van der Waals surface area (Å²) < 4.78 is 12.6. The van der Waals surface area contributed by atoms with Gasteiger partial charge in [0.2, 0.25) is 5.91 Å². The third-order valence-corrected chi connectivity index (χ3v) is 5.90. The molecule has 1 amide bonds. The van der Waals surface area contributed by atoms with Crippen LogP contribution in [0.25, 0.3) is 5.69 Å². The van der Waals surface area contributed by atoms with Crippen LogP contribution in [0.3, 0.4) is 0 Å². The fourth-order valence-electron chi connectivity index (χ4n) is 4.18. The molecule has 3 aromatic rings. The number of anilines is 1. The van der Waals surface area contributed by atoms with Crippen LogP contribution in [0.15, 0.2) is 36.4 Å².